The third-order valence-corrected chi connectivity index (χ3v) is 2.67. The van der Waals surface area contributed by atoms with Crippen molar-refractivity contribution >= 4 is 11.6 Å². The first-order valence-corrected chi connectivity index (χ1v) is 6.39. The summed E-state index contributed by atoms with van der Waals surface area (Å²) in [6.45, 7) is 0.763. The molecule has 1 aromatic heterocycles. The fourth-order valence-corrected chi connectivity index (χ4v) is 1.61. The topological polar surface area (TPSA) is 77.2 Å². The molecule has 104 valence electrons. The van der Waals surface area contributed by atoms with Gasteiger partial charge in [0.25, 0.3) is 0 Å². The smallest absolute Gasteiger partial charge is 0.223 e. The van der Waals surface area contributed by atoms with Crippen LogP contribution in [0.3, 0.4) is 0 Å². The molecule has 1 amide bonds. The maximum Gasteiger partial charge on any atom is 0.223 e. The lowest BCUT2D eigenvalue weighted by Gasteiger charge is -2.07. The fourth-order valence-electron chi connectivity index (χ4n) is 1.61. The molecule has 0 saturated carbocycles. The van der Waals surface area contributed by atoms with Crippen molar-refractivity contribution in [1.29, 1.82) is 0 Å². The molecule has 0 radical (unpaired) electrons. The van der Waals surface area contributed by atoms with Gasteiger partial charge in [0.2, 0.25) is 5.91 Å². The van der Waals surface area contributed by atoms with Crippen LogP contribution in [0.25, 0.3) is 0 Å². The fraction of sp³-hybridized carbons (Fsp3) is 0.200. The number of pyridine rings is 1. The molecule has 0 spiro atoms. The molecule has 0 fully saturated rings. The van der Waals surface area contributed by atoms with Gasteiger partial charge < -0.3 is 15.8 Å². The Hall–Kier alpha value is -2.56. The molecule has 5 heteroatoms. The Kier molecular flexibility index (Phi) is 4.94. The highest BCUT2D eigenvalue weighted by molar-refractivity contribution is 5.75. The van der Waals surface area contributed by atoms with E-state index in [1.54, 1.807) is 30.5 Å². The number of hydrogen-bond donors (Lipinski definition) is 2. The third-order valence-electron chi connectivity index (χ3n) is 2.67. The number of nitrogen functional groups attached to an aromatic ring is 1. The second-order valence-corrected chi connectivity index (χ2v) is 4.27. The predicted molar refractivity (Wildman–Crippen MR) is 77.1 cm³/mol. The molecule has 1 aromatic carbocycles. The highest BCUT2D eigenvalue weighted by Gasteiger charge is 2.02. The molecule has 0 bridgehead atoms. The van der Waals surface area contributed by atoms with Crippen LogP contribution in [-0.4, -0.2) is 17.5 Å². The molecule has 2 rings (SSSR count). The largest absolute Gasteiger partial charge is 0.493 e. The first-order chi connectivity index (χ1) is 9.74. The number of rotatable bonds is 6. The van der Waals surface area contributed by atoms with E-state index in [4.69, 9.17) is 10.5 Å². The average molecular weight is 271 g/mol. The number of anilines is 1. The summed E-state index contributed by atoms with van der Waals surface area (Å²) >= 11 is 0. The lowest BCUT2D eigenvalue weighted by molar-refractivity contribution is -0.121. The van der Waals surface area contributed by atoms with E-state index in [9.17, 15) is 4.79 Å². The summed E-state index contributed by atoms with van der Waals surface area (Å²) in [5, 5.41) is 2.79. The number of nitrogens with two attached hydrogens (primary N) is 1. The van der Waals surface area contributed by atoms with Gasteiger partial charge in [0, 0.05) is 11.9 Å². The number of ether oxygens (including phenoxy) is 1. The van der Waals surface area contributed by atoms with Gasteiger partial charge in [-0.25, -0.2) is 0 Å². The van der Waals surface area contributed by atoms with Gasteiger partial charge in [-0.05, 0) is 36.4 Å². The van der Waals surface area contributed by atoms with Crippen LogP contribution in [0.5, 0.6) is 5.75 Å². The Morgan fingerprint density at radius 2 is 2.00 bits per heavy atom. The van der Waals surface area contributed by atoms with Crippen molar-refractivity contribution in [2.75, 3.05) is 12.3 Å². The van der Waals surface area contributed by atoms with E-state index in [0.717, 1.165) is 5.69 Å². The quantitative estimate of drug-likeness (QED) is 0.785. The van der Waals surface area contributed by atoms with Crippen molar-refractivity contribution in [3.63, 3.8) is 0 Å². The van der Waals surface area contributed by atoms with Crippen molar-refractivity contribution in [3.8, 4) is 5.75 Å². The van der Waals surface area contributed by atoms with Crippen molar-refractivity contribution in [2.45, 2.75) is 13.0 Å². The zero-order valence-electron chi connectivity index (χ0n) is 11.1. The number of carbonyl (C=O) groups excluding carboxylic acids is 1. The number of nitrogens with zero attached hydrogens (tertiary/aromatic N) is 1. The van der Waals surface area contributed by atoms with Gasteiger partial charge in [-0.3, -0.25) is 9.78 Å². The predicted octanol–water partition coefficient (Wildman–Crippen LogP) is 1.75. The first-order valence-electron chi connectivity index (χ1n) is 6.39. The molecule has 0 aliphatic heterocycles. The molecule has 0 atom stereocenters. The molecule has 20 heavy (non-hydrogen) atoms. The summed E-state index contributed by atoms with van der Waals surface area (Å²) in [5.41, 5.74) is 7.09. The van der Waals surface area contributed by atoms with Crippen molar-refractivity contribution in [2.24, 2.45) is 0 Å². The first kappa shape index (κ1) is 13.9. The number of amides is 1. The van der Waals surface area contributed by atoms with Crippen molar-refractivity contribution in [3.05, 3.63) is 54.4 Å². The summed E-state index contributed by atoms with van der Waals surface area (Å²) in [4.78, 5) is 15.8. The molecule has 0 saturated heterocycles. The van der Waals surface area contributed by atoms with Crippen LogP contribution < -0.4 is 15.8 Å². The lowest BCUT2D eigenvalue weighted by Crippen LogP contribution is -2.24. The van der Waals surface area contributed by atoms with Crippen molar-refractivity contribution < 1.29 is 9.53 Å². The Bertz CT molecular complexity index is 541. The number of nitrogens with one attached hydrogen (secondary N) is 1. The summed E-state index contributed by atoms with van der Waals surface area (Å²) < 4.78 is 5.45. The van der Waals surface area contributed by atoms with E-state index in [-0.39, 0.29) is 5.91 Å². The van der Waals surface area contributed by atoms with Gasteiger partial charge in [-0.1, -0.05) is 6.07 Å². The Morgan fingerprint density at radius 3 is 2.70 bits per heavy atom. The van der Waals surface area contributed by atoms with E-state index >= 15 is 0 Å². The number of hydrogen-bond acceptors (Lipinski definition) is 4. The van der Waals surface area contributed by atoms with E-state index < -0.39 is 0 Å². The second kappa shape index (κ2) is 7.13. The molecule has 0 aliphatic carbocycles. The molecule has 3 N–H and O–H groups in total. The van der Waals surface area contributed by atoms with Crippen LogP contribution >= 0.6 is 0 Å². The summed E-state index contributed by atoms with van der Waals surface area (Å²) in [6.07, 6.45) is 2.00. The van der Waals surface area contributed by atoms with Crippen LogP contribution in [0.15, 0.2) is 48.7 Å². The molecule has 5 nitrogen and oxygen atoms in total. The minimum Gasteiger partial charge on any atom is -0.493 e. The summed E-state index contributed by atoms with van der Waals surface area (Å²) in [6, 6.07) is 12.7. The highest BCUT2D eigenvalue weighted by atomic mass is 16.5. The van der Waals surface area contributed by atoms with Crippen LogP contribution in [-0.2, 0) is 11.3 Å². The maximum absolute atomic E-state index is 11.6. The maximum atomic E-state index is 11.6. The van der Waals surface area contributed by atoms with Crippen LogP contribution in [0.4, 0.5) is 5.69 Å². The average Bonchev–Trinajstić information content (AvgIpc) is 2.48. The monoisotopic (exact) mass is 271 g/mol. The van der Waals surface area contributed by atoms with E-state index in [1.165, 1.54) is 0 Å². The van der Waals surface area contributed by atoms with E-state index in [1.807, 2.05) is 18.2 Å². The molecular formula is C15H17N3O2. The van der Waals surface area contributed by atoms with Gasteiger partial charge in [0.1, 0.15) is 5.75 Å². The van der Waals surface area contributed by atoms with Gasteiger partial charge in [0.15, 0.2) is 0 Å². The van der Waals surface area contributed by atoms with Gasteiger partial charge in [-0.15, -0.1) is 0 Å². The lowest BCUT2D eigenvalue weighted by atomic mass is 10.3. The number of carbonyl (C=O) groups is 1. The number of benzene rings is 1. The minimum atomic E-state index is -0.0638. The normalized spacial score (nSPS) is 10.0. The standard InChI is InChI=1S/C15H17N3O2/c16-12-4-6-14(7-5-12)20-10-8-15(19)18-11-13-3-1-2-9-17-13/h1-7,9H,8,10-11,16H2,(H,18,19). The third kappa shape index (κ3) is 4.61. The van der Waals surface area contributed by atoms with Crippen LogP contribution in [0.2, 0.25) is 0 Å². The van der Waals surface area contributed by atoms with Crippen molar-refractivity contribution in [1.82, 2.24) is 10.3 Å². The Balaban J connectivity index is 1.66. The Labute approximate surface area is 117 Å². The molecule has 0 unspecified atom stereocenters. The SMILES string of the molecule is Nc1ccc(OCCC(=O)NCc2ccccn2)cc1. The zero-order valence-corrected chi connectivity index (χ0v) is 11.1. The Morgan fingerprint density at radius 1 is 1.20 bits per heavy atom. The molecular weight excluding hydrogens is 254 g/mol. The van der Waals surface area contributed by atoms with Gasteiger partial charge in [-0.2, -0.15) is 0 Å². The van der Waals surface area contributed by atoms with Gasteiger partial charge in [0.05, 0.1) is 25.3 Å². The summed E-state index contributed by atoms with van der Waals surface area (Å²) in [5.74, 6) is 0.642. The van der Waals surface area contributed by atoms with E-state index in [0.29, 0.717) is 31.0 Å². The van der Waals surface area contributed by atoms with Crippen LogP contribution in [0, 0.1) is 0 Å². The van der Waals surface area contributed by atoms with Crippen LogP contribution in [0.1, 0.15) is 12.1 Å². The zero-order chi connectivity index (χ0) is 14.2. The molecule has 1 heterocycles. The van der Waals surface area contributed by atoms with Gasteiger partial charge >= 0.3 is 0 Å². The highest BCUT2D eigenvalue weighted by Crippen LogP contribution is 2.13. The molecule has 0 aliphatic rings. The second-order valence-electron chi connectivity index (χ2n) is 4.27. The minimum absolute atomic E-state index is 0.0638. The number of aromatic nitrogens is 1. The summed E-state index contributed by atoms with van der Waals surface area (Å²) in [7, 11) is 0. The van der Waals surface area contributed by atoms with E-state index in [2.05, 4.69) is 10.3 Å². The molecule has 2 aromatic rings.